The Bertz CT molecular complexity index is 779. The highest BCUT2D eigenvalue weighted by Gasteiger charge is 2.31. The van der Waals surface area contributed by atoms with Gasteiger partial charge in [0.15, 0.2) is 0 Å². The van der Waals surface area contributed by atoms with Crippen molar-refractivity contribution in [2.24, 2.45) is 0 Å². The van der Waals surface area contributed by atoms with Crippen LogP contribution in [0, 0.1) is 0 Å². The van der Waals surface area contributed by atoms with Crippen molar-refractivity contribution in [1.29, 1.82) is 0 Å². The number of hydrogen-bond acceptors (Lipinski definition) is 3. The summed E-state index contributed by atoms with van der Waals surface area (Å²) in [7, 11) is 1.59. The Morgan fingerprint density at radius 1 is 1.20 bits per heavy atom. The standard InChI is InChI=1S/C18H18ClN3O3/c1-25-14-8-6-13(7-9-14)22-11-12(10-17(22)23)20-18(24)21-16-5-3-2-4-15(16)19/h2-9,12H,10-11H2,1H3,(H2,20,21,24). The van der Waals surface area contributed by atoms with Crippen molar-refractivity contribution in [2.45, 2.75) is 12.5 Å². The molecule has 0 bridgehead atoms. The number of halogens is 1. The van der Waals surface area contributed by atoms with Gasteiger partial charge < -0.3 is 20.3 Å². The van der Waals surface area contributed by atoms with Gasteiger partial charge in [0.05, 0.1) is 23.9 Å². The number of amides is 3. The van der Waals surface area contributed by atoms with Gasteiger partial charge in [-0.15, -0.1) is 0 Å². The molecule has 3 amide bonds. The summed E-state index contributed by atoms with van der Waals surface area (Å²) in [4.78, 5) is 26.0. The third kappa shape index (κ3) is 4.03. The number of rotatable bonds is 4. The molecular formula is C18H18ClN3O3. The summed E-state index contributed by atoms with van der Waals surface area (Å²) in [6, 6.07) is 13.6. The third-order valence-electron chi connectivity index (χ3n) is 3.97. The molecule has 1 aliphatic heterocycles. The molecule has 2 aromatic rings. The first-order valence-corrected chi connectivity index (χ1v) is 8.21. The first-order chi connectivity index (χ1) is 12.1. The number of urea groups is 1. The summed E-state index contributed by atoms with van der Waals surface area (Å²) >= 11 is 6.02. The van der Waals surface area contributed by atoms with Crippen molar-refractivity contribution < 1.29 is 14.3 Å². The molecule has 7 heteroatoms. The second-order valence-corrected chi connectivity index (χ2v) is 6.09. The van der Waals surface area contributed by atoms with E-state index in [4.69, 9.17) is 16.3 Å². The summed E-state index contributed by atoms with van der Waals surface area (Å²) in [6.45, 7) is 0.418. The normalized spacial score (nSPS) is 16.6. The van der Waals surface area contributed by atoms with Crippen LogP contribution < -0.4 is 20.3 Å². The number of carbonyl (C=O) groups is 2. The van der Waals surface area contributed by atoms with Crippen molar-refractivity contribution in [1.82, 2.24) is 5.32 Å². The fourth-order valence-corrected chi connectivity index (χ4v) is 2.91. The topological polar surface area (TPSA) is 70.7 Å². The van der Waals surface area contributed by atoms with E-state index in [1.807, 2.05) is 12.1 Å². The van der Waals surface area contributed by atoms with Gasteiger partial charge in [0.2, 0.25) is 5.91 Å². The van der Waals surface area contributed by atoms with Crippen molar-refractivity contribution in [3.8, 4) is 5.75 Å². The smallest absolute Gasteiger partial charge is 0.319 e. The van der Waals surface area contributed by atoms with Crippen molar-refractivity contribution in [2.75, 3.05) is 23.9 Å². The Kier molecular flexibility index (Phi) is 5.09. The number of nitrogens with zero attached hydrogens (tertiary/aromatic N) is 1. The first kappa shape index (κ1) is 17.1. The van der Waals surface area contributed by atoms with E-state index in [9.17, 15) is 9.59 Å². The fraction of sp³-hybridized carbons (Fsp3) is 0.222. The van der Waals surface area contributed by atoms with E-state index < -0.39 is 0 Å². The number of para-hydroxylation sites is 1. The largest absolute Gasteiger partial charge is 0.497 e. The summed E-state index contributed by atoms with van der Waals surface area (Å²) in [5.74, 6) is 0.692. The average Bonchev–Trinajstić information content (AvgIpc) is 2.97. The quantitative estimate of drug-likeness (QED) is 0.880. The lowest BCUT2D eigenvalue weighted by atomic mass is 10.2. The molecule has 0 aliphatic carbocycles. The molecule has 1 fully saturated rings. The summed E-state index contributed by atoms with van der Waals surface area (Å²) in [5, 5.41) is 5.96. The number of nitrogens with one attached hydrogen (secondary N) is 2. The zero-order chi connectivity index (χ0) is 17.8. The molecule has 1 atom stereocenters. The van der Waals surface area contributed by atoms with Gasteiger partial charge in [-0.25, -0.2) is 4.79 Å². The molecule has 1 unspecified atom stereocenters. The van der Waals surface area contributed by atoms with E-state index in [1.54, 1.807) is 48.4 Å². The van der Waals surface area contributed by atoms with Crippen molar-refractivity contribution in [3.63, 3.8) is 0 Å². The average molecular weight is 360 g/mol. The van der Waals surface area contributed by atoms with Crippen LogP contribution in [0.5, 0.6) is 5.75 Å². The maximum atomic E-state index is 12.2. The van der Waals surface area contributed by atoms with Gasteiger partial charge in [-0.2, -0.15) is 0 Å². The molecular weight excluding hydrogens is 342 g/mol. The van der Waals surface area contributed by atoms with Gasteiger partial charge in [0, 0.05) is 18.7 Å². The van der Waals surface area contributed by atoms with Crippen LogP contribution >= 0.6 is 11.6 Å². The maximum absolute atomic E-state index is 12.2. The minimum absolute atomic E-state index is 0.0341. The third-order valence-corrected chi connectivity index (χ3v) is 4.30. The second-order valence-electron chi connectivity index (χ2n) is 5.68. The second kappa shape index (κ2) is 7.44. The Balaban J connectivity index is 1.60. The lowest BCUT2D eigenvalue weighted by Gasteiger charge is -2.18. The van der Waals surface area contributed by atoms with E-state index in [-0.39, 0.29) is 24.4 Å². The number of ether oxygens (including phenoxy) is 1. The molecule has 25 heavy (non-hydrogen) atoms. The molecule has 2 aromatic carbocycles. The van der Waals surface area contributed by atoms with Crippen LogP contribution in [0.2, 0.25) is 5.02 Å². The molecule has 0 radical (unpaired) electrons. The summed E-state index contributed by atoms with van der Waals surface area (Å²) in [5.41, 5.74) is 1.31. The predicted octanol–water partition coefficient (Wildman–Crippen LogP) is 3.28. The maximum Gasteiger partial charge on any atom is 0.319 e. The molecule has 1 saturated heterocycles. The highest BCUT2D eigenvalue weighted by Crippen LogP contribution is 2.24. The zero-order valence-corrected chi connectivity index (χ0v) is 14.4. The van der Waals surface area contributed by atoms with Crippen molar-refractivity contribution in [3.05, 3.63) is 53.6 Å². The number of methoxy groups -OCH3 is 1. The molecule has 6 nitrogen and oxygen atoms in total. The Labute approximate surface area is 150 Å². The molecule has 0 aromatic heterocycles. The highest BCUT2D eigenvalue weighted by molar-refractivity contribution is 6.33. The molecule has 1 heterocycles. The van der Waals surface area contributed by atoms with Gasteiger partial charge in [-0.1, -0.05) is 23.7 Å². The highest BCUT2D eigenvalue weighted by atomic mass is 35.5. The van der Waals surface area contributed by atoms with Crippen LogP contribution in [0.3, 0.4) is 0 Å². The van der Waals surface area contributed by atoms with Crippen LogP contribution in [0.4, 0.5) is 16.2 Å². The molecule has 130 valence electrons. The van der Waals surface area contributed by atoms with Gasteiger partial charge in [0.25, 0.3) is 0 Å². The van der Waals surface area contributed by atoms with Crippen LogP contribution in [0.25, 0.3) is 0 Å². The Morgan fingerprint density at radius 2 is 1.92 bits per heavy atom. The summed E-state index contributed by atoms with van der Waals surface area (Å²) in [6.07, 6.45) is 0.252. The van der Waals surface area contributed by atoms with Gasteiger partial charge in [0.1, 0.15) is 5.75 Å². The van der Waals surface area contributed by atoms with E-state index in [2.05, 4.69) is 10.6 Å². The van der Waals surface area contributed by atoms with Crippen LogP contribution in [-0.2, 0) is 4.79 Å². The summed E-state index contributed by atoms with van der Waals surface area (Å²) < 4.78 is 5.12. The van der Waals surface area contributed by atoms with Gasteiger partial charge in [-0.05, 0) is 36.4 Å². The minimum Gasteiger partial charge on any atom is -0.497 e. The molecule has 1 aliphatic rings. The number of anilines is 2. The van der Waals surface area contributed by atoms with E-state index in [0.717, 1.165) is 11.4 Å². The van der Waals surface area contributed by atoms with Crippen LogP contribution in [0.15, 0.2) is 48.5 Å². The number of hydrogen-bond donors (Lipinski definition) is 2. The van der Waals surface area contributed by atoms with Crippen LogP contribution in [-0.4, -0.2) is 31.6 Å². The zero-order valence-electron chi connectivity index (χ0n) is 13.7. The molecule has 0 saturated carbocycles. The molecule has 2 N–H and O–H groups in total. The van der Waals surface area contributed by atoms with Gasteiger partial charge >= 0.3 is 6.03 Å². The van der Waals surface area contributed by atoms with E-state index >= 15 is 0 Å². The number of carbonyl (C=O) groups excluding carboxylic acids is 2. The Hall–Kier alpha value is -2.73. The fourth-order valence-electron chi connectivity index (χ4n) is 2.72. The predicted molar refractivity (Wildman–Crippen MR) is 97.4 cm³/mol. The molecule has 3 rings (SSSR count). The lowest BCUT2D eigenvalue weighted by molar-refractivity contribution is -0.117. The lowest BCUT2D eigenvalue weighted by Crippen LogP contribution is -2.39. The van der Waals surface area contributed by atoms with E-state index in [1.165, 1.54) is 0 Å². The monoisotopic (exact) mass is 359 g/mol. The minimum atomic E-state index is -0.387. The number of benzene rings is 2. The first-order valence-electron chi connectivity index (χ1n) is 7.83. The Morgan fingerprint density at radius 3 is 2.60 bits per heavy atom. The van der Waals surface area contributed by atoms with Crippen molar-refractivity contribution >= 4 is 34.9 Å². The van der Waals surface area contributed by atoms with Gasteiger partial charge in [-0.3, -0.25) is 4.79 Å². The molecule has 0 spiro atoms. The van der Waals surface area contributed by atoms with Crippen LogP contribution in [0.1, 0.15) is 6.42 Å². The van der Waals surface area contributed by atoms with E-state index in [0.29, 0.717) is 17.3 Å². The SMILES string of the molecule is COc1ccc(N2CC(NC(=O)Nc3ccccc3Cl)CC2=O)cc1.